The first-order valence-electron chi connectivity index (χ1n) is 7.11. The van der Waals surface area contributed by atoms with Crippen LogP contribution < -0.4 is 10.6 Å². The van der Waals surface area contributed by atoms with Gasteiger partial charge in [-0.1, -0.05) is 17.7 Å². The van der Waals surface area contributed by atoms with E-state index in [0.29, 0.717) is 6.54 Å². The molecule has 0 unspecified atom stereocenters. The van der Waals surface area contributed by atoms with Gasteiger partial charge in [-0.05, 0) is 56.7 Å². The number of carbonyl (C=O) groups excluding carboxylic acids is 2. The molecule has 1 rings (SSSR count). The van der Waals surface area contributed by atoms with Gasteiger partial charge < -0.3 is 10.6 Å². The Morgan fingerprint density at radius 3 is 2.24 bits per heavy atom. The van der Waals surface area contributed by atoms with Crippen molar-refractivity contribution in [2.24, 2.45) is 0 Å². The topological polar surface area (TPSA) is 58.2 Å². The molecule has 0 radical (unpaired) electrons. The van der Waals surface area contributed by atoms with E-state index in [0.717, 1.165) is 41.0 Å². The van der Waals surface area contributed by atoms with Crippen LogP contribution in [0.2, 0.25) is 0 Å². The van der Waals surface area contributed by atoms with E-state index in [1.807, 2.05) is 32.9 Å². The van der Waals surface area contributed by atoms with Gasteiger partial charge in [-0.2, -0.15) is 11.8 Å². The van der Waals surface area contributed by atoms with Gasteiger partial charge in [0, 0.05) is 12.2 Å². The molecule has 1 aromatic carbocycles. The van der Waals surface area contributed by atoms with E-state index in [1.54, 1.807) is 11.8 Å². The molecule has 4 nitrogen and oxygen atoms in total. The quantitative estimate of drug-likeness (QED) is 0.627. The molecule has 5 heteroatoms. The van der Waals surface area contributed by atoms with E-state index >= 15 is 0 Å². The zero-order valence-corrected chi connectivity index (χ0v) is 14.0. The van der Waals surface area contributed by atoms with Crippen molar-refractivity contribution >= 4 is 29.3 Å². The first-order chi connectivity index (χ1) is 9.95. The van der Waals surface area contributed by atoms with Gasteiger partial charge in [0.25, 0.3) is 0 Å². The van der Waals surface area contributed by atoms with Gasteiger partial charge in [0.2, 0.25) is 0 Å². The fraction of sp³-hybridized carbons (Fsp3) is 0.500. The average Bonchev–Trinajstić information content (AvgIpc) is 2.42. The van der Waals surface area contributed by atoms with Crippen molar-refractivity contribution in [2.45, 2.75) is 33.6 Å². The molecular formula is C16H24N2O2S. The second-order valence-electron chi connectivity index (χ2n) is 5.18. The van der Waals surface area contributed by atoms with Crippen LogP contribution in [0.3, 0.4) is 0 Å². The molecule has 0 fully saturated rings. The van der Waals surface area contributed by atoms with Crippen LogP contribution in [0.25, 0.3) is 0 Å². The highest BCUT2D eigenvalue weighted by molar-refractivity contribution is 7.98. The van der Waals surface area contributed by atoms with Crippen LogP contribution in [0, 0.1) is 20.8 Å². The molecule has 0 saturated heterocycles. The van der Waals surface area contributed by atoms with Gasteiger partial charge in [0.05, 0.1) is 0 Å². The lowest BCUT2D eigenvalue weighted by atomic mass is 10.1. The maximum absolute atomic E-state index is 11.9. The lowest BCUT2D eigenvalue weighted by molar-refractivity contribution is -0.136. The van der Waals surface area contributed by atoms with Gasteiger partial charge in [0.15, 0.2) is 0 Å². The molecule has 0 heterocycles. The van der Waals surface area contributed by atoms with Crippen LogP contribution in [-0.4, -0.2) is 30.4 Å². The minimum absolute atomic E-state index is 0.540. The number of hydrogen-bond acceptors (Lipinski definition) is 3. The summed E-state index contributed by atoms with van der Waals surface area (Å²) >= 11 is 1.78. The third-order valence-electron chi connectivity index (χ3n) is 3.18. The highest BCUT2D eigenvalue weighted by Crippen LogP contribution is 2.21. The van der Waals surface area contributed by atoms with Crippen molar-refractivity contribution < 1.29 is 9.59 Å². The van der Waals surface area contributed by atoms with Gasteiger partial charge in [-0.25, -0.2) is 0 Å². The number of benzene rings is 1. The fourth-order valence-corrected chi connectivity index (χ4v) is 2.69. The SMILES string of the molecule is CSCCCCNC(=O)C(=O)Nc1c(C)cc(C)cc1C. The molecular weight excluding hydrogens is 284 g/mol. The number of anilines is 1. The number of carbonyl (C=O) groups is 2. The lowest BCUT2D eigenvalue weighted by Gasteiger charge is -2.12. The average molecular weight is 308 g/mol. The molecule has 0 saturated carbocycles. The van der Waals surface area contributed by atoms with Crippen LogP contribution in [0.4, 0.5) is 5.69 Å². The van der Waals surface area contributed by atoms with E-state index in [1.165, 1.54) is 0 Å². The predicted molar refractivity (Wildman–Crippen MR) is 89.9 cm³/mol. The third-order valence-corrected chi connectivity index (χ3v) is 3.88. The van der Waals surface area contributed by atoms with Crippen LogP contribution in [0.15, 0.2) is 12.1 Å². The number of hydrogen-bond donors (Lipinski definition) is 2. The normalized spacial score (nSPS) is 10.3. The molecule has 2 N–H and O–H groups in total. The number of unbranched alkanes of at least 4 members (excludes halogenated alkanes) is 1. The highest BCUT2D eigenvalue weighted by atomic mass is 32.2. The van der Waals surface area contributed by atoms with E-state index in [9.17, 15) is 9.59 Å². The lowest BCUT2D eigenvalue weighted by Crippen LogP contribution is -2.36. The molecule has 21 heavy (non-hydrogen) atoms. The molecule has 0 aliphatic heterocycles. The van der Waals surface area contributed by atoms with Crippen LogP contribution >= 0.6 is 11.8 Å². The predicted octanol–water partition coefficient (Wildman–Crippen LogP) is 2.81. The van der Waals surface area contributed by atoms with E-state index < -0.39 is 11.8 Å². The van der Waals surface area contributed by atoms with Gasteiger partial charge in [-0.3, -0.25) is 9.59 Å². The number of aryl methyl sites for hydroxylation is 3. The zero-order valence-electron chi connectivity index (χ0n) is 13.2. The minimum atomic E-state index is -0.602. The Morgan fingerprint density at radius 1 is 1.05 bits per heavy atom. The Hall–Kier alpha value is -1.49. The minimum Gasteiger partial charge on any atom is -0.348 e. The molecule has 0 spiro atoms. The van der Waals surface area contributed by atoms with Crippen molar-refractivity contribution in [3.8, 4) is 0 Å². The molecule has 0 bridgehead atoms. The first-order valence-corrected chi connectivity index (χ1v) is 8.51. The van der Waals surface area contributed by atoms with E-state index in [-0.39, 0.29) is 0 Å². The largest absolute Gasteiger partial charge is 0.348 e. The zero-order chi connectivity index (χ0) is 15.8. The summed E-state index contributed by atoms with van der Waals surface area (Å²) in [5.74, 6) is -0.0995. The Kier molecular flexibility index (Phi) is 7.29. The van der Waals surface area contributed by atoms with Crippen LogP contribution in [-0.2, 0) is 9.59 Å². The van der Waals surface area contributed by atoms with E-state index in [4.69, 9.17) is 0 Å². The second-order valence-corrected chi connectivity index (χ2v) is 6.17. The standard InChI is InChI=1S/C16H24N2O2S/c1-11-9-12(2)14(13(3)10-11)18-16(20)15(19)17-7-5-6-8-21-4/h9-10H,5-8H2,1-4H3,(H,17,19)(H,18,20). The van der Waals surface area contributed by atoms with Crippen molar-refractivity contribution in [3.63, 3.8) is 0 Å². The van der Waals surface area contributed by atoms with Gasteiger partial charge in [-0.15, -0.1) is 0 Å². The molecule has 2 amide bonds. The Morgan fingerprint density at radius 2 is 1.67 bits per heavy atom. The summed E-state index contributed by atoms with van der Waals surface area (Å²) < 4.78 is 0. The maximum atomic E-state index is 11.9. The Balaban J connectivity index is 2.51. The van der Waals surface area contributed by atoms with Crippen LogP contribution in [0.5, 0.6) is 0 Å². The van der Waals surface area contributed by atoms with Crippen LogP contribution in [0.1, 0.15) is 29.5 Å². The summed E-state index contributed by atoms with van der Waals surface area (Å²) in [6, 6.07) is 3.98. The number of thioether (sulfide) groups is 1. The number of nitrogens with one attached hydrogen (secondary N) is 2. The third kappa shape index (κ3) is 5.79. The van der Waals surface area contributed by atoms with E-state index in [2.05, 4.69) is 16.9 Å². The van der Waals surface area contributed by atoms with Crippen molar-refractivity contribution in [1.29, 1.82) is 0 Å². The highest BCUT2D eigenvalue weighted by Gasteiger charge is 2.15. The summed E-state index contributed by atoms with van der Waals surface area (Å²) in [7, 11) is 0. The molecule has 0 aliphatic rings. The smallest absolute Gasteiger partial charge is 0.313 e. The second kappa shape index (κ2) is 8.72. The molecule has 1 aromatic rings. The fourth-order valence-electron chi connectivity index (χ4n) is 2.20. The molecule has 0 atom stereocenters. The van der Waals surface area contributed by atoms with Crippen molar-refractivity contribution in [1.82, 2.24) is 5.32 Å². The maximum Gasteiger partial charge on any atom is 0.313 e. The number of amides is 2. The molecule has 0 aliphatic carbocycles. The van der Waals surface area contributed by atoms with Gasteiger partial charge >= 0.3 is 11.8 Å². The summed E-state index contributed by atoms with van der Waals surface area (Å²) in [5, 5.41) is 5.35. The first kappa shape index (κ1) is 17.6. The summed E-state index contributed by atoms with van der Waals surface area (Å²) in [6.45, 7) is 6.40. The van der Waals surface area contributed by atoms with Gasteiger partial charge in [0.1, 0.15) is 0 Å². The Bertz CT molecular complexity index is 492. The van der Waals surface area contributed by atoms with Crippen molar-refractivity contribution in [2.75, 3.05) is 23.9 Å². The number of rotatable bonds is 6. The summed E-state index contributed by atoms with van der Waals surface area (Å²) in [5.41, 5.74) is 3.80. The Labute approximate surface area is 131 Å². The molecule has 0 aromatic heterocycles. The summed E-state index contributed by atoms with van der Waals surface area (Å²) in [4.78, 5) is 23.6. The molecule has 116 valence electrons. The van der Waals surface area contributed by atoms with Crippen molar-refractivity contribution in [3.05, 3.63) is 28.8 Å². The monoisotopic (exact) mass is 308 g/mol. The summed E-state index contributed by atoms with van der Waals surface area (Å²) in [6.07, 6.45) is 3.99.